The van der Waals surface area contributed by atoms with Crippen molar-refractivity contribution in [1.29, 1.82) is 0 Å². The number of amides is 1. The van der Waals surface area contributed by atoms with Crippen LogP contribution in [-0.2, 0) is 38.2 Å². The van der Waals surface area contributed by atoms with E-state index >= 15 is 4.39 Å². The second-order valence-corrected chi connectivity index (χ2v) is 33.9. The number of ether oxygens (including phenoxy) is 4. The number of methoxy groups -OCH3 is 1. The van der Waals surface area contributed by atoms with Crippen LogP contribution in [0.3, 0.4) is 0 Å². The molecule has 0 spiro atoms. The predicted molar refractivity (Wildman–Crippen MR) is 286 cm³/mol. The number of carbonyl (C=O) groups is 2. The third-order valence-electron chi connectivity index (χ3n) is 12.0. The molecule has 0 saturated carbocycles. The van der Waals surface area contributed by atoms with E-state index in [1.807, 2.05) is 56.9 Å². The predicted octanol–water partition coefficient (Wildman–Crippen LogP) is 12.5. The van der Waals surface area contributed by atoms with E-state index < -0.39 is 33.8 Å². The van der Waals surface area contributed by atoms with E-state index in [2.05, 4.69) is 75.3 Å². The number of nitrogens with zero attached hydrogens (tertiary/aromatic N) is 7. The molecule has 5 aromatic rings. The molecule has 0 saturated heterocycles. The number of para-hydroxylation sites is 1. The lowest BCUT2D eigenvalue weighted by molar-refractivity contribution is 0.0297. The van der Waals surface area contributed by atoms with Crippen LogP contribution in [-0.4, -0.2) is 106 Å². The molecule has 0 atom stereocenters. The Kier molecular flexibility index (Phi) is 19.9. The first-order valence-corrected chi connectivity index (χ1v) is 32.5. The number of hydrogen-bond donors (Lipinski definition) is 0. The average molecular weight is 1040 g/mol. The second-order valence-electron chi connectivity index (χ2n) is 21.4. The number of unbranched alkanes of at least 4 members (excludes halogenated alkanes) is 1. The largest absolute Gasteiger partial charge is 0.491 e. The second kappa shape index (κ2) is 24.7. The van der Waals surface area contributed by atoms with E-state index in [9.17, 15) is 9.59 Å². The van der Waals surface area contributed by atoms with Crippen LogP contribution >= 0.6 is 22.7 Å². The zero-order chi connectivity index (χ0) is 51.4. The Balaban J connectivity index is 1.33. The minimum absolute atomic E-state index is 0.102. The number of esters is 1. The SMILES string of the molecule is COC(=O)c1nc(N(CCCCO[Si](C)(C)C(C)(C)C)c2cc(C)c(N=c3sc4ccccc4n3COCC[Si](C)(C)C)nn2)sc1CCCOc1ccc(CCCN(C)C(=O)OC(C)(C)C)cc1F. The zero-order valence-electron chi connectivity index (χ0n) is 44.0. The third-order valence-corrected chi connectivity index (χ3v) is 20.5. The number of aromatic nitrogens is 4. The molecule has 0 aliphatic carbocycles. The molecule has 0 bridgehead atoms. The highest BCUT2D eigenvalue weighted by Gasteiger charge is 2.37. The monoisotopic (exact) mass is 1040 g/mol. The van der Waals surface area contributed by atoms with Crippen LogP contribution in [0.15, 0.2) is 53.5 Å². The minimum atomic E-state index is -1.93. The highest BCUT2D eigenvalue weighted by atomic mass is 32.1. The fourth-order valence-corrected chi connectivity index (χ4v) is 10.8. The molecule has 19 heteroatoms. The number of benzene rings is 2. The lowest BCUT2D eigenvalue weighted by Gasteiger charge is -2.36. The maximum absolute atomic E-state index is 15.2. The molecule has 14 nitrogen and oxygen atoms in total. The Bertz CT molecular complexity index is 2600. The molecule has 2 aromatic carbocycles. The number of rotatable bonds is 24. The van der Waals surface area contributed by atoms with Crippen LogP contribution in [0.2, 0.25) is 43.8 Å². The number of carbonyl (C=O) groups excluding carboxylic acids is 2. The minimum Gasteiger partial charge on any atom is -0.491 e. The van der Waals surface area contributed by atoms with E-state index in [0.29, 0.717) is 75.5 Å². The summed E-state index contributed by atoms with van der Waals surface area (Å²) in [7, 11) is -0.155. The maximum Gasteiger partial charge on any atom is 0.410 e. The van der Waals surface area contributed by atoms with E-state index in [4.69, 9.17) is 38.4 Å². The van der Waals surface area contributed by atoms with Gasteiger partial charge in [0.1, 0.15) is 12.3 Å². The highest BCUT2D eigenvalue weighted by molar-refractivity contribution is 7.16. The number of anilines is 2. The molecule has 1 amide bonds. The smallest absolute Gasteiger partial charge is 0.410 e. The summed E-state index contributed by atoms with van der Waals surface area (Å²) in [6.07, 6.45) is 3.36. The molecule has 0 aliphatic heterocycles. The van der Waals surface area contributed by atoms with Crippen molar-refractivity contribution in [2.24, 2.45) is 4.99 Å². The van der Waals surface area contributed by atoms with Gasteiger partial charge in [0.2, 0.25) is 0 Å². The molecule has 70 heavy (non-hydrogen) atoms. The van der Waals surface area contributed by atoms with Gasteiger partial charge < -0.3 is 33.2 Å². The summed E-state index contributed by atoms with van der Waals surface area (Å²) in [6.45, 7) is 28.7. The van der Waals surface area contributed by atoms with Crippen molar-refractivity contribution in [1.82, 2.24) is 24.6 Å². The van der Waals surface area contributed by atoms with Gasteiger partial charge >= 0.3 is 12.1 Å². The van der Waals surface area contributed by atoms with E-state index in [0.717, 1.165) is 49.9 Å². The van der Waals surface area contributed by atoms with Crippen molar-refractivity contribution in [2.75, 3.05) is 52.0 Å². The summed E-state index contributed by atoms with van der Waals surface area (Å²) in [4.78, 5) is 40.5. The topological polar surface area (TPSA) is 143 Å². The highest BCUT2D eigenvalue weighted by Crippen LogP contribution is 2.37. The molecule has 0 N–H and O–H groups in total. The first-order chi connectivity index (χ1) is 32.9. The summed E-state index contributed by atoms with van der Waals surface area (Å²) in [5.74, 6) is 0.220. The molecule has 5 rings (SSSR count). The van der Waals surface area contributed by atoms with Gasteiger partial charge in [0.05, 0.1) is 23.9 Å². The van der Waals surface area contributed by atoms with Gasteiger partial charge in [0, 0.05) is 46.3 Å². The molecule has 0 radical (unpaired) electrons. The zero-order valence-corrected chi connectivity index (χ0v) is 47.6. The fraction of sp³-hybridized carbons (Fsp3) is 0.569. The van der Waals surface area contributed by atoms with E-state index in [1.54, 1.807) is 24.5 Å². The molecule has 3 aromatic heterocycles. The summed E-state index contributed by atoms with van der Waals surface area (Å²) in [5, 5.41) is 10.1. The van der Waals surface area contributed by atoms with Crippen molar-refractivity contribution in [3.8, 4) is 5.75 Å². The Morgan fingerprint density at radius 1 is 0.871 bits per heavy atom. The van der Waals surface area contributed by atoms with Crippen molar-refractivity contribution < 1.29 is 37.4 Å². The van der Waals surface area contributed by atoms with Crippen LogP contribution in [0.5, 0.6) is 5.75 Å². The number of halogens is 1. The van der Waals surface area contributed by atoms with Crippen molar-refractivity contribution in [3.05, 3.63) is 80.8 Å². The standard InChI is InChI=1S/C51H76FN7O7S2Si2/c1-36-33-43(55-56-45(36)54-48-59(35-63-31-32-69(10,11)12)39-22-15-16-23-41(39)67-48)58(28-17-18-30-65-70(13,14)51(5,6)7)47-53-44(46(60)62-9)42(68-47)24-20-29-64-40-26-25-37(34-38(40)52)21-19-27-57(8)49(61)66-50(2,3)4/h15-16,22-23,25-26,33-34H,17-21,24,27-32,35H2,1-14H3. The number of aryl methyl sites for hydroxylation is 3. The fourth-order valence-electron chi connectivity index (χ4n) is 6.85. The first kappa shape index (κ1) is 56.4. The van der Waals surface area contributed by atoms with Gasteiger partial charge in [-0.3, -0.25) is 4.57 Å². The molecule has 0 unspecified atom stereocenters. The molecular weight excluding hydrogens is 962 g/mol. The average Bonchev–Trinajstić information content (AvgIpc) is 3.85. The van der Waals surface area contributed by atoms with Gasteiger partial charge in [-0.25, -0.2) is 19.0 Å². The lowest BCUT2D eigenvalue weighted by Crippen LogP contribution is -2.41. The Morgan fingerprint density at radius 2 is 1.61 bits per heavy atom. The van der Waals surface area contributed by atoms with Crippen molar-refractivity contribution in [3.63, 3.8) is 0 Å². The van der Waals surface area contributed by atoms with E-state index in [1.165, 1.54) is 29.4 Å². The first-order valence-electron chi connectivity index (χ1n) is 24.3. The van der Waals surface area contributed by atoms with E-state index in [-0.39, 0.29) is 29.2 Å². The lowest BCUT2D eigenvalue weighted by atomic mass is 10.1. The van der Waals surface area contributed by atoms with Gasteiger partial charge in [-0.15, -0.1) is 21.5 Å². The summed E-state index contributed by atoms with van der Waals surface area (Å²) in [5.41, 5.74) is 2.33. The summed E-state index contributed by atoms with van der Waals surface area (Å²) < 4.78 is 47.7. The van der Waals surface area contributed by atoms with Crippen LogP contribution in [0, 0.1) is 12.7 Å². The van der Waals surface area contributed by atoms with Crippen LogP contribution < -0.4 is 14.4 Å². The number of fused-ring (bicyclic) bond motifs is 1. The Morgan fingerprint density at radius 3 is 2.29 bits per heavy atom. The van der Waals surface area contributed by atoms with Gasteiger partial charge in [-0.2, -0.15) is 4.99 Å². The van der Waals surface area contributed by atoms with Gasteiger partial charge in [0.15, 0.2) is 47.1 Å². The summed E-state index contributed by atoms with van der Waals surface area (Å²) in [6, 6.07) is 16.2. The quantitative estimate of drug-likeness (QED) is 0.0331. The number of hydrogen-bond acceptors (Lipinski definition) is 14. The Labute approximate surface area is 424 Å². The van der Waals surface area contributed by atoms with Crippen LogP contribution in [0.4, 0.5) is 26.0 Å². The Hall–Kier alpha value is -4.54. The van der Waals surface area contributed by atoms with Gasteiger partial charge in [-0.1, -0.05) is 69.9 Å². The van der Waals surface area contributed by atoms with Gasteiger partial charge in [0.25, 0.3) is 0 Å². The van der Waals surface area contributed by atoms with Crippen molar-refractivity contribution in [2.45, 2.75) is 143 Å². The molecule has 384 valence electrons. The maximum atomic E-state index is 15.2. The van der Waals surface area contributed by atoms with Crippen molar-refractivity contribution >= 4 is 78.1 Å². The van der Waals surface area contributed by atoms with Gasteiger partial charge in [-0.05, 0) is 132 Å². The molecule has 0 aliphatic rings. The normalized spacial score (nSPS) is 12.7. The molecule has 3 heterocycles. The molecular formula is C51H76FN7O7S2Si2. The van der Waals surface area contributed by atoms with Crippen LogP contribution in [0.25, 0.3) is 10.2 Å². The third kappa shape index (κ3) is 16.5. The summed E-state index contributed by atoms with van der Waals surface area (Å²) >= 11 is 2.98. The number of thiazole rings is 2. The van der Waals surface area contributed by atoms with Crippen LogP contribution in [0.1, 0.15) is 93.7 Å². The molecule has 0 fully saturated rings.